The van der Waals surface area contributed by atoms with E-state index in [1.54, 1.807) is 18.3 Å². The average Bonchev–Trinajstić information content (AvgIpc) is 1.88. The lowest BCUT2D eigenvalue weighted by Crippen LogP contribution is -2.19. The van der Waals surface area contributed by atoms with Gasteiger partial charge < -0.3 is 11.1 Å². The molecule has 0 aliphatic rings. The van der Waals surface area contributed by atoms with E-state index in [0.29, 0.717) is 5.69 Å². The molecule has 0 bridgehead atoms. The average molecular weight is 136 g/mol. The third-order valence-corrected chi connectivity index (χ3v) is 0.866. The number of primary amides is 1. The summed E-state index contributed by atoms with van der Waals surface area (Å²) in [6, 6.07) is 2.73. The number of hydrogen-bond donors (Lipinski definition) is 2. The largest absolute Gasteiger partial charge is 0.351 e. The summed E-state index contributed by atoms with van der Waals surface area (Å²) in [5.74, 6) is 0. The van der Waals surface area contributed by atoms with Crippen LogP contribution in [0.25, 0.3) is 0 Å². The predicted octanol–water partition coefficient (Wildman–Crippen LogP) is 0.372. The van der Waals surface area contributed by atoms with Crippen molar-refractivity contribution in [2.75, 3.05) is 5.32 Å². The van der Waals surface area contributed by atoms with Gasteiger partial charge in [-0.2, -0.15) is 0 Å². The van der Waals surface area contributed by atoms with Crippen molar-refractivity contribution in [2.24, 2.45) is 5.73 Å². The summed E-state index contributed by atoms with van der Waals surface area (Å²) in [4.78, 5) is 13.9. The maximum atomic E-state index is 10.2. The molecule has 10 heavy (non-hydrogen) atoms. The molecule has 0 fully saturated rings. The lowest BCUT2D eigenvalue weighted by Gasteiger charge is -1.96. The normalized spacial score (nSPS) is 8.80. The molecule has 0 aromatic carbocycles. The minimum absolute atomic E-state index is 0.481. The summed E-state index contributed by atoms with van der Waals surface area (Å²) in [7, 11) is 0. The van der Waals surface area contributed by atoms with E-state index in [1.807, 2.05) is 0 Å². The third-order valence-electron chi connectivity index (χ3n) is 0.866. The Morgan fingerprint density at radius 2 is 2.60 bits per heavy atom. The van der Waals surface area contributed by atoms with Crippen LogP contribution < -0.4 is 11.1 Å². The minimum Gasteiger partial charge on any atom is -0.351 e. The molecule has 1 heterocycles. The van der Waals surface area contributed by atoms with Gasteiger partial charge in [-0.3, -0.25) is 4.98 Å². The number of hydrogen-bond acceptors (Lipinski definition) is 2. The van der Waals surface area contributed by atoms with Crippen LogP contribution in [0.4, 0.5) is 10.5 Å². The predicted molar refractivity (Wildman–Crippen MR) is 36.3 cm³/mol. The van der Waals surface area contributed by atoms with Gasteiger partial charge >= 0.3 is 6.03 Å². The number of urea groups is 1. The highest BCUT2D eigenvalue weighted by atomic mass is 16.2. The van der Waals surface area contributed by atoms with Crippen molar-refractivity contribution in [1.82, 2.24) is 4.98 Å². The molecule has 4 heteroatoms. The van der Waals surface area contributed by atoms with Gasteiger partial charge in [-0.05, 0) is 12.1 Å². The van der Waals surface area contributed by atoms with Crippen LogP contribution >= 0.6 is 0 Å². The molecule has 1 rings (SSSR count). The van der Waals surface area contributed by atoms with Crippen molar-refractivity contribution in [1.29, 1.82) is 0 Å². The van der Waals surface area contributed by atoms with Crippen LogP contribution in [0.5, 0.6) is 0 Å². The first-order chi connectivity index (χ1) is 4.79. The molecule has 0 aliphatic carbocycles. The Morgan fingerprint density at radius 3 is 3.10 bits per heavy atom. The number of amides is 2. The zero-order valence-electron chi connectivity index (χ0n) is 5.16. The maximum absolute atomic E-state index is 10.2. The number of carbonyl (C=O) groups excluding carboxylic acids is 1. The fourth-order valence-electron chi connectivity index (χ4n) is 0.529. The van der Waals surface area contributed by atoms with Gasteiger partial charge in [0, 0.05) is 6.20 Å². The van der Waals surface area contributed by atoms with Crippen LogP contribution in [0.1, 0.15) is 0 Å². The zero-order valence-corrected chi connectivity index (χ0v) is 5.16. The molecule has 0 spiro atoms. The second-order valence-electron chi connectivity index (χ2n) is 1.65. The lowest BCUT2D eigenvalue weighted by molar-refractivity contribution is 0.259. The monoisotopic (exact) mass is 136 g/mol. The zero-order chi connectivity index (χ0) is 7.40. The second-order valence-corrected chi connectivity index (χ2v) is 1.65. The number of rotatable bonds is 1. The number of nitrogens with one attached hydrogen (secondary N) is 1. The first-order valence-corrected chi connectivity index (χ1v) is 2.68. The Balaban J connectivity index is 2.67. The first-order valence-electron chi connectivity index (χ1n) is 2.68. The second kappa shape index (κ2) is 2.82. The first kappa shape index (κ1) is 6.54. The Morgan fingerprint density at radius 1 is 1.80 bits per heavy atom. The molecule has 51 valence electrons. The molecule has 0 saturated heterocycles. The number of anilines is 1. The Labute approximate surface area is 58.1 Å². The van der Waals surface area contributed by atoms with Crippen LogP contribution in [0, 0.1) is 6.20 Å². The van der Waals surface area contributed by atoms with E-state index in [2.05, 4.69) is 16.5 Å². The summed E-state index contributed by atoms with van der Waals surface area (Å²) < 4.78 is 0. The summed E-state index contributed by atoms with van der Waals surface area (Å²) in [5, 5.41) is 2.33. The van der Waals surface area contributed by atoms with Crippen LogP contribution in [-0.4, -0.2) is 11.0 Å². The van der Waals surface area contributed by atoms with E-state index in [-0.39, 0.29) is 0 Å². The van der Waals surface area contributed by atoms with Crippen LogP contribution in [0.15, 0.2) is 18.3 Å². The summed E-state index contributed by atoms with van der Waals surface area (Å²) in [5.41, 5.74) is 5.31. The number of carbonyl (C=O) groups is 1. The van der Waals surface area contributed by atoms with Gasteiger partial charge in [0.15, 0.2) is 0 Å². The quantitative estimate of drug-likeness (QED) is 0.585. The molecule has 0 aliphatic heterocycles. The van der Waals surface area contributed by atoms with E-state index in [4.69, 9.17) is 5.73 Å². The van der Waals surface area contributed by atoms with Crippen molar-refractivity contribution >= 4 is 11.7 Å². The lowest BCUT2D eigenvalue weighted by atomic mass is 10.4. The van der Waals surface area contributed by atoms with Crippen molar-refractivity contribution in [3.8, 4) is 0 Å². The maximum Gasteiger partial charge on any atom is 0.316 e. The van der Waals surface area contributed by atoms with Gasteiger partial charge in [-0.1, -0.05) is 0 Å². The molecular weight excluding hydrogens is 130 g/mol. The summed E-state index contributed by atoms with van der Waals surface area (Å²) >= 11 is 0. The molecule has 1 aromatic heterocycles. The Bertz CT molecular complexity index is 222. The molecule has 2 amide bonds. The van der Waals surface area contributed by atoms with Gasteiger partial charge in [0.25, 0.3) is 0 Å². The van der Waals surface area contributed by atoms with Gasteiger partial charge in [0.2, 0.25) is 0 Å². The molecule has 4 nitrogen and oxygen atoms in total. The Hall–Kier alpha value is -1.58. The van der Waals surface area contributed by atoms with E-state index in [1.165, 1.54) is 0 Å². The van der Waals surface area contributed by atoms with E-state index in [0.717, 1.165) is 0 Å². The summed E-state index contributed by atoms with van der Waals surface area (Å²) in [6.45, 7) is 0. The highest BCUT2D eigenvalue weighted by Gasteiger charge is 1.92. The standard InChI is InChI=1S/C6H6N3O/c7-6(10)9-5-2-1-3-8-4-5/h1-3H,(H3,7,9,10). The molecule has 3 N–H and O–H groups in total. The fraction of sp³-hybridized carbons (Fsp3) is 0. The van der Waals surface area contributed by atoms with Crippen molar-refractivity contribution in [3.63, 3.8) is 0 Å². The van der Waals surface area contributed by atoms with Gasteiger partial charge in [0.1, 0.15) is 6.20 Å². The summed E-state index contributed by atoms with van der Waals surface area (Å²) in [6.07, 6.45) is 4.10. The van der Waals surface area contributed by atoms with Crippen molar-refractivity contribution in [3.05, 3.63) is 24.5 Å². The third kappa shape index (κ3) is 1.74. The highest BCUT2D eigenvalue weighted by Crippen LogP contribution is 1.99. The highest BCUT2D eigenvalue weighted by molar-refractivity contribution is 5.87. The fourth-order valence-corrected chi connectivity index (χ4v) is 0.529. The number of aromatic nitrogens is 1. The minimum atomic E-state index is -0.607. The molecule has 1 aromatic rings. The van der Waals surface area contributed by atoms with Crippen molar-refractivity contribution < 1.29 is 4.79 Å². The number of pyridine rings is 1. The Kier molecular flexibility index (Phi) is 1.84. The number of nitrogens with two attached hydrogens (primary N) is 1. The van der Waals surface area contributed by atoms with Gasteiger partial charge in [0.05, 0.1) is 5.69 Å². The van der Waals surface area contributed by atoms with E-state index < -0.39 is 6.03 Å². The smallest absolute Gasteiger partial charge is 0.316 e. The van der Waals surface area contributed by atoms with Crippen LogP contribution in [-0.2, 0) is 0 Å². The van der Waals surface area contributed by atoms with Gasteiger partial charge in [-0.15, -0.1) is 0 Å². The van der Waals surface area contributed by atoms with E-state index >= 15 is 0 Å². The van der Waals surface area contributed by atoms with Crippen LogP contribution in [0.3, 0.4) is 0 Å². The molecule has 1 radical (unpaired) electrons. The number of nitrogens with zero attached hydrogens (tertiary/aromatic N) is 1. The topological polar surface area (TPSA) is 68.0 Å². The van der Waals surface area contributed by atoms with Crippen LogP contribution in [0.2, 0.25) is 0 Å². The molecule has 0 saturated carbocycles. The molecule has 0 atom stereocenters. The van der Waals surface area contributed by atoms with E-state index in [9.17, 15) is 4.79 Å². The van der Waals surface area contributed by atoms with Gasteiger partial charge in [-0.25, -0.2) is 4.79 Å². The molecule has 0 unspecified atom stereocenters. The van der Waals surface area contributed by atoms with Crippen molar-refractivity contribution in [2.45, 2.75) is 0 Å². The SMILES string of the molecule is NC(=O)Nc1[c]nccc1. The molecular formula is C6H6N3O.